The SMILES string of the molecule is COC(C)(C)CCn1ccc2ccc(CNC(C)C)cc21. The first kappa shape index (κ1) is 16.1. The molecule has 0 saturated heterocycles. The van der Waals surface area contributed by atoms with Crippen LogP contribution in [0.5, 0.6) is 0 Å². The highest BCUT2D eigenvalue weighted by Crippen LogP contribution is 2.21. The number of aryl methyl sites for hydroxylation is 1. The minimum atomic E-state index is -0.0760. The van der Waals surface area contributed by atoms with Crippen LogP contribution in [0.25, 0.3) is 10.9 Å². The van der Waals surface area contributed by atoms with E-state index in [4.69, 9.17) is 4.74 Å². The molecule has 0 aliphatic heterocycles. The molecule has 0 saturated carbocycles. The van der Waals surface area contributed by atoms with Crippen LogP contribution >= 0.6 is 0 Å². The normalized spacial score (nSPS) is 12.5. The van der Waals surface area contributed by atoms with Crippen LogP contribution in [0, 0.1) is 0 Å². The van der Waals surface area contributed by atoms with Gasteiger partial charge in [0.1, 0.15) is 0 Å². The molecule has 2 aromatic rings. The molecule has 0 fully saturated rings. The zero-order chi connectivity index (χ0) is 15.5. The molecular formula is C18H28N2O. The maximum absolute atomic E-state index is 5.51. The second-order valence-electron chi connectivity index (χ2n) is 6.65. The zero-order valence-corrected chi connectivity index (χ0v) is 13.9. The summed E-state index contributed by atoms with van der Waals surface area (Å²) in [5, 5.41) is 4.78. The van der Waals surface area contributed by atoms with Gasteiger partial charge in [0.2, 0.25) is 0 Å². The summed E-state index contributed by atoms with van der Waals surface area (Å²) in [4.78, 5) is 0. The molecule has 3 nitrogen and oxygen atoms in total. The molecule has 21 heavy (non-hydrogen) atoms. The Morgan fingerprint density at radius 3 is 2.67 bits per heavy atom. The van der Waals surface area contributed by atoms with Crippen molar-refractivity contribution in [3.8, 4) is 0 Å². The summed E-state index contributed by atoms with van der Waals surface area (Å²) in [5.74, 6) is 0. The van der Waals surface area contributed by atoms with Crippen molar-refractivity contribution in [2.24, 2.45) is 0 Å². The number of nitrogens with one attached hydrogen (secondary N) is 1. The topological polar surface area (TPSA) is 26.2 Å². The summed E-state index contributed by atoms with van der Waals surface area (Å²) < 4.78 is 7.84. The van der Waals surface area contributed by atoms with Crippen LogP contribution in [-0.2, 0) is 17.8 Å². The van der Waals surface area contributed by atoms with Crippen LogP contribution in [0.3, 0.4) is 0 Å². The van der Waals surface area contributed by atoms with Gasteiger partial charge in [-0.2, -0.15) is 0 Å². The van der Waals surface area contributed by atoms with Crippen molar-refractivity contribution in [1.82, 2.24) is 9.88 Å². The molecule has 1 aromatic heterocycles. The molecule has 0 unspecified atom stereocenters. The molecular weight excluding hydrogens is 260 g/mol. The first-order chi connectivity index (χ1) is 9.91. The third-order valence-corrected chi connectivity index (χ3v) is 4.06. The average Bonchev–Trinajstić information content (AvgIpc) is 2.85. The van der Waals surface area contributed by atoms with E-state index >= 15 is 0 Å². The summed E-state index contributed by atoms with van der Waals surface area (Å²) in [5.41, 5.74) is 2.57. The Hall–Kier alpha value is -1.32. The van der Waals surface area contributed by atoms with E-state index in [-0.39, 0.29) is 5.60 Å². The van der Waals surface area contributed by atoms with Gasteiger partial charge in [-0.05, 0) is 43.4 Å². The zero-order valence-electron chi connectivity index (χ0n) is 13.9. The Morgan fingerprint density at radius 1 is 1.24 bits per heavy atom. The average molecular weight is 288 g/mol. The minimum Gasteiger partial charge on any atom is -0.379 e. The van der Waals surface area contributed by atoms with Gasteiger partial charge < -0.3 is 14.6 Å². The van der Waals surface area contributed by atoms with E-state index in [9.17, 15) is 0 Å². The van der Waals surface area contributed by atoms with Crippen LogP contribution < -0.4 is 5.32 Å². The minimum absolute atomic E-state index is 0.0760. The molecule has 1 N–H and O–H groups in total. The number of hydrogen-bond donors (Lipinski definition) is 1. The van der Waals surface area contributed by atoms with Gasteiger partial charge >= 0.3 is 0 Å². The van der Waals surface area contributed by atoms with Gasteiger partial charge in [-0.15, -0.1) is 0 Å². The highest BCUT2D eigenvalue weighted by atomic mass is 16.5. The highest BCUT2D eigenvalue weighted by molar-refractivity contribution is 5.80. The molecule has 0 radical (unpaired) electrons. The molecule has 0 atom stereocenters. The molecule has 0 spiro atoms. The lowest BCUT2D eigenvalue weighted by atomic mass is 10.1. The molecule has 0 aliphatic carbocycles. The second-order valence-corrected chi connectivity index (χ2v) is 6.65. The highest BCUT2D eigenvalue weighted by Gasteiger charge is 2.16. The Kier molecular flexibility index (Phi) is 5.07. The molecule has 1 aromatic carbocycles. The van der Waals surface area contributed by atoms with E-state index in [1.54, 1.807) is 7.11 Å². The molecule has 3 heteroatoms. The van der Waals surface area contributed by atoms with E-state index in [1.807, 2.05) is 0 Å². The second kappa shape index (κ2) is 6.63. The van der Waals surface area contributed by atoms with Gasteiger partial charge in [0.15, 0.2) is 0 Å². The van der Waals surface area contributed by atoms with E-state index in [1.165, 1.54) is 16.5 Å². The lowest BCUT2D eigenvalue weighted by Crippen LogP contribution is -2.24. The van der Waals surface area contributed by atoms with Gasteiger partial charge in [0.05, 0.1) is 5.60 Å². The first-order valence-electron chi connectivity index (χ1n) is 7.77. The van der Waals surface area contributed by atoms with Crippen molar-refractivity contribution in [1.29, 1.82) is 0 Å². The predicted molar refractivity (Wildman–Crippen MR) is 89.6 cm³/mol. The number of aromatic nitrogens is 1. The van der Waals surface area contributed by atoms with Gasteiger partial charge in [0.25, 0.3) is 0 Å². The van der Waals surface area contributed by atoms with Gasteiger partial charge in [0, 0.05) is 38.0 Å². The van der Waals surface area contributed by atoms with E-state index in [0.29, 0.717) is 6.04 Å². The van der Waals surface area contributed by atoms with Crippen LogP contribution in [0.4, 0.5) is 0 Å². The van der Waals surface area contributed by atoms with Crippen LogP contribution in [0.2, 0.25) is 0 Å². The lowest BCUT2D eigenvalue weighted by Gasteiger charge is -2.23. The van der Waals surface area contributed by atoms with E-state index in [0.717, 1.165) is 19.5 Å². The summed E-state index contributed by atoms with van der Waals surface area (Å²) in [6, 6.07) is 9.42. The fourth-order valence-electron chi connectivity index (χ4n) is 2.35. The molecule has 2 rings (SSSR count). The summed E-state index contributed by atoms with van der Waals surface area (Å²) in [7, 11) is 1.78. The Labute approximate surface area is 128 Å². The number of benzene rings is 1. The van der Waals surface area contributed by atoms with E-state index < -0.39 is 0 Å². The van der Waals surface area contributed by atoms with Crippen molar-refractivity contribution < 1.29 is 4.74 Å². The molecule has 116 valence electrons. The third-order valence-electron chi connectivity index (χ3n) is 4.06. The first-order valence-corrected chi connectivity index (χ1v) is 7.77. The van der Waals surface area contributed by atoms with Crippen molar-refractivity contribution in [3.05, 3.63) is 36.0 Å². The number of rotatable bonds is 7. The smallest absolute Gasteiger partial charge is 0.0639 e. The lowest BCUT2D eigenvalue weighted by molar-refractivity contribution is 0.0123. The van der Waals surface area contributed by atoms with Gasteiger partial charge in [-0.3, -0.25) is 0 Å². The maximum atomic E-state index is 5.51. The van der Waals surface area contributed by atoms with E-state index in [2.05, 4.69) is 68.0 Å². The van der Waals surface area contributed by atoms with Crippen molar-refractivity contribution >= 4 is 10.9 Å². The molecule has 0 bridgehead atoms. The number of ether oxygens (including phenoxy) is 1. The monoisotopic (exact) mass is 288 g/mol. The fourth-order valence-corrected chi connectivity index (χ4v) is 2.35. The molecule has 0 aliphatic rings. The number of fused-ring (bicyclic) bond motifs is 1. The van der Waals surface area contributed by atoms with Gasteiger partial charge in [-0.25, -0.2) is 0 Å². The summed E-state index contributed by atoms with van der Waals surface area (Å²) in [6.07, 6.45) is 3.18. The van der Waals surface area contributed by atoms with Crippen molar-refractivity contribution in [2.75, 3.05) is 7.11 Å². The largest absolute Gasteiger partial charge is 0.379 e. The van der Waals surface area contributed by atoms with Crippen LogP contribution in [0.15, 0.2) is 30.5 Å². The molecule has 1 heterocycles. The molecule has 0 amide bonds. The third kappa shape index (κ3) is 4.32. The quantitative estimate of drug-likeness (QED) is 0.835. The number of nitrogens with zero attached hydrogens (tertiary/aromatic N) is 1. The van der Waals surface area contributed by atoms with Gasteiger partial charge in [-0.1, -0.05) is 26.0 Å². The Balaban J connectivity index is 2.15. The predicted octanol–water partition coefficient (Wildman–Crippen LogP) is 3.95. The fraction of sp³-hybridized carbons (Fsp3) is 0.556. The standard InChI is InChI=1S/C18H28N2O/c1-14(2)19-13-15-6-7-16-8-10-20(17(16)12-15)11-9-18(3,4)21-5/h6-8,10,12,14,19H,9,11,13H2,1-5H3. The van der Waals surface area contributed by atoms with Crippen LogP contribution in [0.1, 0.15) is 39.7 Å². The Bertz CT molecular complexity index is 584. The number of methoxy groups -OCH3 is 1. The summed E-state index contributed by atoms with van der Waals surface area (Å²) >= 11 is 0. The summed E-state index contributed by atoms with van der Waals surface area (Å²) in [6.45, 7) is 10.5. The maximum Gasteiger partial charge on any atom is 0.0639 e. The van der Waals surface area contributed by atoms with Crippen molar-refractivity contribution in [2.45, 2.75) is 58.8 Å². The van der Waals surface area contributed by atoms with Crippen molar-refractivity contribution in [3.63, 3.8) is 0 Å². The number of hydrogen-bond acceptors (Lipinski definition) is 2. The Morgan fingerprint density at radius 2 is 2.00 bits per heavy atom. The van der Waals surface area contributed by atoms with Crippen LogP contribution in [-0.4, -0.2) is 23.3 Å².